The number of carboxylic acids is 1. The molecule has 18 heavy (non-hydrogen) atoms. The van der Waals surface area contributed by atoms with Crippen molar-refractivity contribution >= 4 is 27.6 Å². The molecule has 1 saturated heterocycles. The molecule has 1 aliphatic heterocycles. The Kier molecular flexibility index (Phi) is 3.66. The van der Waals surface area contributed by atoms with Crippen LogP contribution in [0.2, 0.25) is 0 Å². The molecule has 1 fully saturated rings. The molecule has 0 aliphatic carbocycles. The van der Waals surface area contributed by atoms with Crippen LogP contribution in [0, 0.1) is 5.41 Å². The molecule has 0 bridgehead atoms. The Balaban J connectivity index is 2.15. The minimum absolute atomic E-state index is 0.323. The predicted octanol–water partition coefficient (Wildman–Crippen LogP) is 3.77. The van der Waals surface area contributed by atoms with Gasteiger partial charge in [-0.15, -0.1) is 0 Å². The van der Waals surface area contributed by atoms with Crippen molar-refractivity contribution < 1.29 is 9.90 Å². The topological polar surface area (TPSA) is 40.5 Å². The largest absolute Gasteiger partial charge is 0.478 e. The Bertz CT molecular complexity index is 461. The van der Waals surface area contributed by atoms with Gasteiger partial charge in [0.2, 0.25) is 0 Å². The summed E-state index contributed by atoms with van der Waals surface area (Å²) in [5.74, 6) is -0.887. The number of carboxylic acid groups (broad SMARTS) is 1. The zero-order valence-corrected chi connectivity index (χ0v) is 12.3. The quantitative estimate of drug-likeness (QED) is 0.920. The second-order valence-corrected chi connectivity index (χ2v) is 5.89. The molecule has 0 radical (unpaired) electrons. The summed E-state index contributed by atoms with van der Waals surface area (Å²) in [5, 5.41) is 8.93. The number of anilines is 1. The van der Waals surface area contributed by atoms with Gasteiger partial charge in [-0.25, -0.2) is 4.79 Å². The predicted molar refractivity (Wildman–Crippen MR) is 76.3 cm³/mol. The maximum atomic E-state index is 10.9. The van der Waals surface area contributed by atoms with E-state index in [1.165, 1.54) is 12.8 Å². The van der Waals surface area contributed by atoms with Crippen LogP contribution in [0.4, 0.5) is 5.69 Å². The first kappa shape index (κ1) is 13.4. The maximum absolute atomic E-state index is 10.9. The van der Waals surface area contributed by atoms with Crippen molar-refractivity contribution in [1.82, 2.24) is 0 Å². The van der Waals surface area contributed by atoms with Crippen molar-refractivity contribution in [3.05, 3.63) is 28.2 Å². The number of hydrogen-bond acceptors (Lipinski definition) is 2. The minimum Gasteiger partial charge on any atom is -0.478 e. The Hall–Kier alpha value is -1.03. The molecular formula is C14H18BrNO2. The summed E-state index contributed by atoms with van der Waals surface area (Å²) < 4.78 is 0.864. The summed E-state index contributed by atoms with van der Waals surface area (Å²) in [6, 6.07) is 5.23. The zero-order chi connectivity index (χ0) is 13.3. The van der Waals surface area contributed by atoms with Gasteiger partial charge in [-0.05, 0) is 47.0 Å². The minimum atomic E-state index is -0.887. The summed E-state index contributed by atoms with van der Waals surface area (Å²) in [4.78, 5) is 13.2. The SMILES string of the molecule is CCC1(CC)CN(c2ccc(C(=O)O)cc2Br)C1. The van der Waals surface area contributed by atoms with Gasteiger partial charge in [0.05, 0.1) is 11.3 Å². The van der Waals surface area contributed by atoms with Crippen LogP contribution in [0.1, 0.15) is 37.0 Å². The lowest BCUT2D eigenvalue weighted by Gasteiger charge is -2.51. The second-order valence-electron chi connectivity index (χ2n) is 5.03. The number of aromatic carboxylic acids is 1. The molecule has 0 spiro atoms. The van der Waals surface area contributed by atoms with Gasteiger partial charge in [0.25, 0.3) is 0 Å². The van der Waals surface area contributed by atoms with Crippen molar-refractivity contribution in [3.8, 4) is 0 Å². The van der Waals surface area contributed by atoms with Crippen LogP contribution in [0.5, 0.6) is 0 Å². The number of benzene rings is 1. The van der Waals surface area contributed by atoms with Crippen molar-refractivity contribution in [2.75, 3.05) is 18.0 Å². The third-order valence-corrected chi connectivity index (χ3v) is 4.72. The van der Waals surface area contributed by atoms with E-state index in [2.05, 4.69) is 34.7 Å². The molecule has 1 aliphatic rings. The van der Waals surface area contributed by atoms with E-state index in [0.717, 1.165) is 23.2 Å². The van der Waals surface area contributed by atoms with E-state index in [1.807, 2.05) is 6.07 Å². The number of rotatable bonds is 4. The van der Waals surface area contributed by atoms with E-state index in [-0.39, 0.29) is 0 Å². The highest BCUT2D eigenvalue weighted by Crippen LogP contribution is 2.42. The lowest BCUT2D eigenvalue weighted by atomic mass is 9.75. The first-order valence-corrected chi connectivity index (χ1v) is 7.08. The Morgan fingerprint density at radius 2 is 2.00 bits per heavy atom. The molecule has 2 rings (SSSR count). The third kappa shape index (κ3) is 2.26. The molecule has 0 amide bonds. The molecule has 3 nitrogen and oxygen atoms in total. The van der Waals surface area contributed by atoms with Gasteiger partial charge in [0, 0.05) is 23.0 Å². The van der Waals surface area contributed by atoms with Gasteiger partial charge >= 0.3 is 5.97 Å². The zero-order valence-electron chi connectivity index (χ0n) is 10.7. The molecule has 1 heterocycles. The highest BCUT2D eigenvalue weighted by Gasteiger charge is 2.40. The molecule has 1 aromatic carbocycles. The molecule has 0 unspecified atom stereocenters. The molecule has 0 aromatic heterocycles. The summed E-state index contributed by atoms with van der Waals surface area (Å²) >= 11 is 3.47. The number of carbonyl (C=O) groups is 1. The fourth-order valence-corrected chi connectivity index (χ4v) is 3.16. The summed E-state index contributed by atoms with van der Waals surface area (Å²) in [6.45, 7) is 6.60. The lowest BCUT2D eigenvalue weighted by Crippen LogP contribution is -2.56. The summed E-state index contributed by atoms with van der Waals surface area (Å²) in [6.07, 6.45) is 2.40. The Morgan fingerprint density at radius 1 is 1.39 bits per heavy atom. The van der Waals surface area contributed by atoms with E-state index in [1.54, 1.807) is 12.1 Å². The van der Waals surface area contributed by atoms with Crippen molar-refractivity contribution in [2.24, 2.45) is 5.41 Å². The molecular weight excluding hydrogens is 294 g/mol. The van der Waals surface area contributed by atoms with Crippen LogP contribution in [0.15, 0.2) is 22.7 Å². The number of hydrogen-bond donors (Lipinski definition) is 1. The fourth-order valence-electron chi connectivity index (χ4n) is 2.53. The van der Waals surface area contributed by atoms with E-state index in [0.29, 0.717) is 11.0 Å². The van der Waals surface area contributed by atoms with Gasteiger partial charge in [-0.1, -0.05) is 13.8 Å². The average molecular weight is 312 g/mol. The van der Waals surface area contributed by atoms with Crippen LogP contribution in [0.3, 0.4) is 0 Å². The van der Waals surface area contributed by atoms with Gasteiger partial charge in [0.1, 0.15) is 0 Å². The molecule has 98 valence electrons. The van der Waals surface area contributed by atoms with Gasteiger partial charge < -0.3 is 10.0 Å². The Morgan fingerprint density at radius 3 is 2.44 bits per heavy atom. The smallest absolute Gasteiger partial charge is 0.335 e. The molecule has 1 N–H and O–H groups in total. The average Bonchev–Trinajstić information content (AvgIpc) is 2.30. The maximum Gasteiger partial charge on any atom is 0.335 e. The third-order valence-electron chi connectivity index (χ3n) is 4.09. The van der Waals surface area contributed by atoms with E-state index in [4.69, 9.17) is 5.11 Å². The van der Waals surface area contributed by atoms with E-state index in [9.17, 15) is 4.79 Å². The highest BCUT2D eigenvalue weighted by atomic mass is 79.9. The number of nitrogens with zero attached hydrogens (tertiary/aromatic N) is 1. The first-order valence-electron chi connectivity index (χ1n) is 6.29. The van der Waals surface area contributed by atoms with Gasteiger partial charge in [-0.3, -0.25) is 0 Å². The van der Waals surface area contributed by atoms with Crippen LogP contribution < -0.4 is 4.90 Å². The van der Waals surface area contributed by atoms with Crippen LogP contribution in [-0.2, 0) is 0 Å². The summed E-state index contributed by atoms with van der Waals surface area (Å²) in [5.41, 5.74) is 1.87. The lowest BCUT2D eigenvalue weighted by molar-refractivity contribution is 0.0697. The molecule has 0 saturated carbocycles. The Labute approximate surface area is 116 Å². The standard InChI is InChI=1S/C14H18BrNO2/c1-3-14(4-2)8-16(9-14)12-6-5-10(13(17)18)7-11(12)15/h5-7H,3-4,8-9H2,1-2H3,(H,17,18). The first-order chi connectivity index (χ1) is 8.51. The summed E-state index contributed by atoms with van der Waals surface area (Å²) in [7, 11) is 0. The highest BCUT2D eigenvalue weighted by molar-refractivity contribution is 9.10. The molecule has 1 aromatic rings. The van der Waals surface area contributed by atoms with Crippen LogP contribution in [-0.4, -0.2) is 24.2 Å². The normalized spacial score (nSPS) is 17.4. The van der Waals surface area contributed by atoms with E-state index >= 15 is 0 Å². The fraction of sp³-hybridized carbons (Fsp3) is 0.500. The van der Waals surface area contributed by atoms with Crippen LogP contribution in [0.25, 0.3) is 0 Å². The van der Waals surface area contributed by atoms with Gasteiger partial charge in [0.15, 0.2) is 0 Å². The monoisotopic (exact) mass is 311 g/mol. The van der Waals surface area contributed by atoms with Crippen LogP contribution >= 0.6 is 15.9 Å². The van der Waals surface area contributed by atoms with Crippen molar-refractivity contribution in [1.29, 1.82) is 0 Å². The number of halogens is 1. The molecule has 4 heteroatoms. The van der Waals surface area contributed by atoms with Gasteiger partial charge in [-0.2, -0.15) is 0 Å². The second kappa shape index (κ2) is 4.92. The van der Waals surface area contributed by atoms with E-state index < -0.39 is 5.97 Å². The molecule has 0 atom stereocenters. The van der Waals surface area contributed by atoms with Crippen molar-refractivity contribution in [3.63, 3.8) is 0 Å². The van der Waals surface area contributed by atoms with Crippen molar-refractivity contribution in [2.45, 2.75) is 26.7 Å².